The summed E-state index contributed by atoms with van der Waals surface area (Å²) in [6, 6.07) is 3.48. The van der Waals surface area contributed by atoms with Gasteiger partial charge in [0.2, 0.25) is 35.4 Å². The molecule has 0 aromatic heterocycles. The summed E-state index contributed by atoms with van der Waals surface area (Å²) in [6.45, 7) is 11.2. The fourth-order valence-corrected chi connectivity index (χ4v) is 9.49. The summed E-state index contributed by atoms with van der Waals surface area (Å²) in [7, 11) is 1.50. The standard InChI is InChI=1S/C61H99N9O19S/c1-8-63-56(76)38-86-31-29-83-24-10-12-47(71)37-65-59(79)43(4)35-54(74)50(41-90-7)67-55(75)20-19-53(73)48(34-42(2)3)68-60(80)51-13-9-23-70(51)58(78)40-85-25-11-14-52(72)49(66-57(77)39-87-32-30-84-26-21-62)36-45-15-17-46(18-16-45)44(5)69-89-27-22-64-61(81)88-33-28-82-6/h15-18,42-43,48-51H,8-14,19-41,62H2,1-7H3,(H,63,76)(H,64,81)(H,65,79)(H,66,77)(H,67,75)(H,68,80)/b69-44+/t43-,48+,49+,50+,51+/m1/s1. The highest BCUT2D eigenvalue weighted by molar-refractivity contribution is 7.98. The van der Waals surface area contributed by atoms with E-state index < -0.39 is 77.3 Å². The predicted octanol–water partition coefficient (Wildman–Crippen LogP) is 1.13. The van der Waals surface area contributed by atoms with Crippen LogP contribution in [0.3, 0.4) is 0 Å². The lowest BCUT2D eigenvalue weighted by atomic mass is 9.96. The number of likely N-dealkylation sites (N-methyl/N-ethyl adjacent to an activating group) is 1. The quantitative estimate of drug-likeness (QED) is 0.0273. The molecule has 1 saturated heterocycles. The number of benzene rings is 1. The number of oxime groups is 1. The number of likely N-dealkylation sites (tertiary alicyclic amines) is 1. The van der Waals surface area contributed by atoms with Crippen molar-refractivity contribution in [2.75, 3.05) is 138 Å². The molecule has 508 valence electrons. The molecule has 7 amide bonds. The first kappa shape index (κ1) is 79.6. The van der Waals surface area contributed by atoms with Crippen LogP contribution in [0, 0.1) is 11.8 Å². The van der Waals surface area contributed by atoms with Gasteiger partial charge in [-0.25, -0.2) is 4.79 Å². The fraction of sp³-hybridized carbons (Fsp3) is 0.705. The second-order valence-corrected chi connectivity index (χ2v) is 22.6. The highest BCUT2D eigenvalue weighted by Crippen LogP contribution is 2.20. The summed E-state index contributed by atoms with van der Waals surface area (Å²) in [4.78, 5) is 149. The van der Waals surface area contributed by atoms with Crippen LogP contribution in [-0.4, -0.2) is 237 Å². The number of thioether (sulfide) groups is 1. The smallest absolute Gasteiger partial charge is 0.407 e. The molecule has 2 rings (SSSR count). The molecule has 29 heteroatoms. The molecule has 0 saturated carbocycles. The van der Waals surface area contributed by atoms with Crippen LogP contribution in [0.25, 0.3) is 0 Å². The first-order valence-electron chi connectivity index (χ1n) is 30.8. The Hall–Kier alpha value is -6.47. The SMILES string of the molecule is CCNC(=O)COCCOCCCC(=O)CNC(=O)[C@H](C)CC(=O)[C@H](CSC)NC(=O)CCC(=O)[C@H](CC(C)C)NC(=O)[C@@H]1CCCN1C(=O)COCCCC(=O)[C@H](Cc1ccc(/C(C)=N/OCCNC(=O)OCCOC)cc1)NC(=O)COCCOCCN. The van der Waals surface area contributed by atoms with E-state index in [1.165, 1.54) is 23.8 Å². The van der Waals surface area contributed by atoms with E-state index in [9.17, 15) is 52.7 Å². The van der Waals surface area contributed by atoms with Gasteiger partial charge in [-0.3, -0.25) is 47.9 Å². The third-order valence-electron chi connectivity index (χ3n) is 13.6. The maximum absolute atomic E-state index is 13.8. The lowest BCUT2D eigenvalue weighted by Crippen LogP contribution is -2.52. The van der Waals surface area contributed by atoms with E-state index in [0.717, 1.165) is 11.1 Å². The van der Waals surface area contributed by atoms with Crippen molar-refractivity contribution < 1.29 is 90.7 Å². The number of carbonyl (C=O) groups excluding carboxylic acids is 11. The van der Waals surface area contributed by atoms with Crippen molar-refractivity contribution in [3.8, 4) is 0 Å². The van der Waals surface area contributed by atoms with E-state index >= 15 is 0 Å². The van der Waals surface area contributed by atoms with E-state index in [4.69, 9.17) is 43.7 Å². The molecular formula is C61H99N9O19S. The van der Waals surface area contributed by atoms with Crippen molar-refractivity contribution in [3.05, 3.63) is 35.4 Å². The monoisotopic (exact) mass is 1290 g/mol. The van der Waals surface area contributed by atoms with Gasteiger partial charge in [-0.2, -0.15) is 11.8 Å². The summed E-state index contributed by atoms with van der Waals surface area (Å²) in [6.07, 6.45) is 2.51. The molecule has 0 unspecified atom stereocenters. The molecule has 0 spiro atoms. The zero-order chi connectivity index (χ0) is 66.5. The second kappa shape index (κ2) is 48.3. The summed E-state index contributed by atoms with van der Waals surface area (Å²) in [5.41, 5.74) is 7.48. The molecule has 0 radical (unpaired) electrons. The molecule has 0 bridgehead atoms. The molecule has 1 aromatic rings. The normalized spacial score (nSPS) is 14.4. The van der Waals surface area contributed by atoms with Gasteiger partial charge in [-0.15, -0.1) is 0 Å². The molecule has 1 aliphatic rings. The number of amides is 7. The van der Waals surface area contributed by atoms with Crippen LogP contribution in [0.1, 0.15) is 110 Å². The second-order valence-electron chi connectivity index (χ2n) is 21.7. The molecular weight excluding hydrogens is 1190 g/mol. The Morgan fingerprint density at radius 2 is 1.32 bits per heavy atom. The highest BCUT2D eigenvalue weighted by atomic mass is 32.2. The maximum Gasteiger partial charge on any atom is 0.407 e. The average molecular weight is 1290 g/mol. The van der Waals surface area contributed by atoms with Gasteiger partial charge in [0.15, 0.2) is 23.1 Å². The molecule has 8 N–H and O–H groups in total. The van der Waals surface area contributed by atoms with E-state index in [2.05, 4.69) is 37.1 Å². The number of methoxy groups -OCH3 is 1. The summed E-state index contributed by atoms with van der Waals surface area (Å²) in [5, 5.41) is 20.1. The van der Waals surface area contributed by atoms with Crippen molar-refractivity contribution in [2.24, 2.45) is 22.7 Å². The summed E-state index contributed by atoms with van der Waals surface area (Å²) >= 11 is 1.31. The number of carbonyl (C=O) groups is 11. The number of hydrogen-bond donors (Lipinski definition) is 7. The van der Waals surface area contributed by atoms with E-state index in [0.29, 0.717) is 44.7 Å². The van der Waals surface area contributed by atoms with E-state index in [1.807, 2.05) is 13.8 Å². The molecule has 5 atom stereocenters. The lowest BCUT2D eigenvalue weighted by Gasteiger charge is -2.27. The largest absolute Gasteiger partial charge is 0.447 e. The fourth-order valence-electron chi connectivity index (χ4n) is 8.89. The minimum Gasteiger partial charge on any atom is -0.447 e. The average Bonchev–Trinajstić information content (AvgIpc) is 4.24. The van der Waals surface area contributed by atoms with Gasteiger partial charge in [0.1, 0.15) is 39.1 Å². The maximum atomic E-state index is 13.8. The number of hydrogen-bond acceptors (Lipinski definition) is 22. The van der Waals surface area contributed by atoms with Gasteiger partial charge in [-0.1, -0.05) is 50.2 Å². The Bertz CT molecular complexity index is 2400. The summed E-state index contributed by atoms with van der Waals surface area (Å²) in [5.74, 6) is -4.68. The molecule has 0 aliphatic carbocycles. The minimum absolute atomic E-state index is 0.000644. The van der Waals surface area contributed by atoms with Crippen LogP contribution in [0.15, 0.2) is 29.4 Å². The Morgan fingerprint density at radius 1 is 0.678 bits per heavy atom. The molecule has 1 heterocycles. The van der Waals surface area contributed by atoms with Crippen molar-refractivity contribution >= 4 is 82.1 Å². The molecule has 1 aliphatic heterocycles. The molecule has 90 heavy (non-hydrogen) atoms. The zero-order valence-electron chi connectivity index (χ0n) is 53.6. The first-order valence-corrected chi connectivity index (χ1v) is 32.2. The van der Waals surface area contributed by atoms with Gasteiger partial charge in [0.25, 0.3) is 0 Å². The van der Waals surface area contributed by atoms with Crippen LogP contribution in [0.5, 0.6) is 0 Å². The highest BCUT2D eigenvalue weighted by Gasteiger charge is 2.36. The van der Waals surface area contributed by atoms with Gasteiger partial charge < -0.3 is 80.5 Å². The Kier molecular flexibility index (Phi) is 42.8. The Labute approximate surface area is 533 Å². The molecule has 1 fully saturated rings. The van der Waals surface area contributed by atoms with Gasteiger partial charge >= 0.3 is 6.09 Å². The van der Waals surface area contributed by atoms with Gasteiger partial charge in [-0.05, 0) is 75.7 Å². The predicted molar refractivity (Wildman–Crippen MR) is 334 cm³/mol. The Morgan fingerprint density at radius 3 is 2.00 bits per heavy atom. The number of alkyl carbamates (subject to hydrolysis) is 1. The number of nitrogens with one attached hydrogen (secondary N) is 6. The third kappa shape index (κ3) is 35.8. The van der Waals surface area contributed by atoms with Crippen molar-refractivity contribution in [1.82, 2.24) is 36.8 Å². The van der Waals surface area contributed by atoms with Crippen LogP contribution >= 0.6 is 11.8 Å². The first-order chi connectivity index (χ1) is 43.2. The van der Waals surface area contributed by atoms with Crippen LogP contribution in [0.2, 0.25) is 0 Å². The van der Waals surface area contributed by atoms with Gasteiger partial charge in [0.05, 0.1) is 76.6 Å². The summed E-state index contributed by atoms with van der Waals surface area (Å²) < 4.78 is 36.8. The topological polar surface area (TPSA) is 375 Å². The number of nitrogens with two attached hydrogens (primary N) is 1. The van der Waals surface area contributed by atoms with Crippen molar-refractivity contribution in [2.45, 2.75) is 129 Å². The zero-order valence-corrected chi connectivity index (χ0v) is 54.4. The van der Waals surface area contributed by atoms with Crippen LogP contribution < -0.4 is 37.6 Å². The number of ketones is 4. The van der Waals surface area contributed by atoms with Gasteiger partial charge in [0, 0.05) is 83.7 Å². The van der Waals surface area contributed by atoms with Crippen molar-refractivity contribution in [3.63, 3.8) is 0 Å². The van der Waals surface area contributed by atoms with Crippen LogP contribution in [-0.2, 0) is 92.4 Å². The van der Waals surface area contributed by atoms with Crippen molar-refractivity contribution in [1.29, 1.82) is 0 Å². The number of rotatable bonds is 52. The molecule has 1 aromatic carbocycles. The minimum atomic E-state index is -0.963. The number of ether oxygens (including phenoxy) is 7. The number of Topliss-reactive ketones (excluding diaryl/α,β-unsaturated/α-hetero) is 4. The number of nitrogens with zero attached hydrogens (tertiary/aromatic N) is 2. The van der Waals surface area contributed by atoms with Crippen LogP contribution in [0.4, 0.5) is 4.79 Å². The Balaban J connectivity index is 1.90. The van der Waals surface area contributed by atoms with E-state index in [1.54, 1.807) is 51.3 Å². The molecule has 28 nitrogen and oxygen atoms in total. The van der Waals surface area contributed by atoms with E-state index in [-0.39, 0.29) is 179 Å². The third-order valence-corrected chi connectivity index (χ3v) is 14.3. The lowest BCUT2D eigenvalue weighted by molar-refractivity contribution is -0.142.